The third-order valence-corrected chi connectivity index (χ3v) is 8.58. The second-order valence-electron chi connectivity index (χ2n) is 12.3. The summed E-state index contributed by atoms with van der Waals surface area (Å²) in [5.41, 5.74) is 11.4. The summed E-state index contributed by atoms with van der Waals surface area (Å²) >= 11 is 0. The van der Waals surface area contributed by atoms with Crippen molar-refractivity contribution in [3.8, 4) is 11.1 Å². The predicted octanol–water partition coefficient (Wildman–Crippen LogP) is 12.8. The molecular formula is C41H58N2. The van der Waals surface area contributed by atoms with E-state index in [1.807, 2.05) is 6.21 Å². The zero-order valence-corrected chi connectivity index (χ0v) is 28.1. The van der Waals surface area contributed by atoms with Gasteiger partial charge in [0.05, 0.1) is 17.1 Å². The molecule has 0 saturated heterocycles. The maximum Gasteiger partial charge on any atom is 0.0639 e. The highest BCUT2D eigenvalue weighted by Crippen LogP contribution is 2.29. The Morgan fingerprint density at radius 2 is 1.21 bits per heavy atom. The number of hydrogen-bond acceptors (Lipinski definition) is 2. The van der Waals surface area contributed by atoms with Gasteiger partial charge in [0, 0.05) is 6.21 Å². The fraction of sp³-hybridized carbons (Fsp3) is 0.512. The lowest BCUT2D eigenvalue weighted by Gasteiger charge is -2.16. The molecule has 2 nitrogen and oxygen atoms in total. The van der Waals surface area contributed by atoms with Crippen LogP contribution in [-0.4, -0.2) is 11.9 Å². The highest BCUT2D eigenvalue weighted by molar-refractivity contribution is 6.30. The van der Waals surface area contributed by atoms with E-state index in [2.05, 4.69) is 95.3 Å². The van der Waals surface area contributed by atoms with Crippen molar-refractivity contribution in [2.75, 3.05) is 0 Å². The first-order chi connectivity index (χ1) is 21.1. The molecule has 0 heterocycles. The highest BCUT2D eigenvalue weighted by atomic mass is 14.8. The van der Waals surface area contributed by atoms with Crippen molar-refractivity contribution in [2.45, 2.75) is 137 Å². The van der Waals surface area contributed by atoms with Crippen molar-refractivity contribution in [3.05, 3.63) is 82.9 Å². The first-order valence-corrected chi connectivity index (χ1v) is 17.5. The van der Waals surface area contributed by atoms with Crippen LogP contribution in [0.15, 0.2) is 70.6 Å². The molecule has 0 atom stereocenters. The predicted molar refractivity (Wildman–Crippen MR) is 192 cm³/mol. The molecule has 0 unspecified atom stereocenters. The topological polar surface area (TPSA) is 24.7 Å². The van der Waals surface area contributed by atoms with Crippen LogP contribution in [0, 0.1) is 0 Å². The monoisotopic (exact) mass is 578 g/mol. The molecule has 232 valence electrons. The van der Waals surface area contributed by atoms with Crippen LogP contribution in [0.3, 0.4) is 0 Å². The summed E-state index contributed by atoms with van der Waals surface area (Å²) in [7, 11) is 0. The quantitative estimate of drug-likeness (QED) is 0.0941. The summed E-state index contributed by atoms with van der Waals surface area (Å²) in [6.45, 7) is 11.2. The fourth-order valence-corrected chi connectivity index (χ4v) is 6.03. The molecule has 0 aromatic heterocycles. The summed E-state index contributed by atoms with van der Waals surface area (Å²) in [5, 5.41) is 0. The number of hydrogen-bond donors (Lipinski definition) is 0. The molecule has 0 amide bonds. The van der Waals surface area contributed by atoms with Gasteiger partial charge in [-0.15, -0.1) is 0 Å². The van der Waals surface area contributed by atoms with Crippen molar-refractivity contribution >= 4 is 23.3 Å². The van der Waals surface area contributed by atoms with Gasteiger partial charge in [0.1, 0.15) is 0 Å². The van der Waals surface area contributed by atoms with Crippen molar-refractivity contribution in [2.24, 2.45) is 9.98 Å². The second kappa shape index (κ2) is 20.0. The lowest BCUT2D eigenvalue weighted by atomic mass is 9.90. The molecule has 0 saturated carbocycles. The summed E-state index contributed by atoms with van der Waals surface area (Å²) < 4.78 is 0. The molecule has 0 fully saturated rings. The number of benzene rings is 3. The van der Waals surface area contributed by atoms with E-state index < -0.39 is 0 Å². The Balaban J connectivity index is 1.80. The summed E-state index contributed by atoms with van der Waals surface area (Å²) in [6, 6.07) is 22.0. The van der Waals surface area contributed by atoms with Crippen LogP contribution >= 0.6 is 0 Å². The summed E-state index contributed by atoms with van der Waals surface area (Å²) in [6.07, 6.45) is 22.5. The van der Waals surface area contributed by atoms with E-state index in [0.717, 1.165) is 29.9 Å². The molecule has 3 rings (SSSR count). The Kier molecular flexibility index (Phi) is 16.1. The Morgan fingerprint density at radius 1 is 0.581 bits per heavy atom. The molecule has 0 aliphatic heterocycles. The lowest BCUT2D eigenvalue weighted by Crippen LogP contribution is -2.02. The van der Waals surface area contributed by atoms with Crippen molar-refractivity contribution in [1.82, 2.24) is 0 Å². The van der Waals surface area contributed by atoms with Gasteiger partial charge in [-0.05, 0) is 103 Å². The summed E-state index contributed by atoms with van der Waals surface area (Å²) in [4.78, 5) is 9.95. The number of rotatable bonds is 20. The summed E-state index contributed by atoms with van der Waals surface area (Å²) in [5.74, 6) is 0. The van der Waals surface area contributed by atoms with Gasteiger partial charge in [0.2, 0.25) is 0 Å². The van der Waals surface area contributed by atoms with Gasteiger partial charge in [-0.1, -0.05) is 128 Å². The van der Waals surface area contributed by atoms with Gasteiger partial charge in [0.25, 0.3) is 0 Å². The fourth-order valence-electron chi connectivity index (χ4n) is 6.03. The molecule has 0 radical (unpaired) electrons. The SMILES string of the molecule is CCCCCCCCc1cc(N=C(C)C=Nc2cc(CC)cc(-c3ccccc3)c2)cc(CC)c1CCCCCCCC. The third kappa shape index (κ3) is 12.3. The molecule has 3 aromatic carbocycles. The molecule has 0 aliphatic carbocycles. The molecule has 0 N–H and O–H groups in total. The van der Waals surface area contributed by atoms with E-state index in [1.54, 1.807) is 5.56 Å². The zero-order chi connectivity index (χ0) is 30.7. The minimum absolute atomic E-state index is 0.944. The van der Waals surface area contributed by atoms with Gasteiger partial charge in [0.15, 0.2) is 0 Å². The first-order valence-electron chi connectivity index (χ1n) is 17.5. The Bertz CT molecular complexity index is 1270. The maximum absolute atomic E-state index is 5.07. The third-order valence-electron chi connectivity index (χ3n) is 8.58. The molecular weight excluding hydrogens is 520 g/mol. The molecule has 0 aliphatic rings. The minimum atomic E-state index is 0.944. The highest BCUT2D eigenvalue weighted by Gasteiger charge is 2.11. The number of aryl methyl sites for hydroxylation is 3. The van der Waals surface area contributed by atoms with Crippen LogP contribution in [0.2, 0.25) is 0 Å². The first kappa shape index (κ1) is 34.5. The van der Waals surface area contributed by atoms with Gasteiger partial charge >= 0.3 is 0 Å². The van der Waals surface area contributed by atoms with Crippen LogP contribution in [0.5, 0.6) is 0 Å². The second-order valence-corrected chi connectivity index (χ2v) is 12.3. The molecule has 43 heavy (non-hydrogen) atoms. The van der Waals surface area contributed by atoms with E-state index in [1.165, 1.54) is 118 Å². The van der Waals surface area contributed by atoms with Crippen molar-refractivity contribution in [1.29, 1.82) is 0 Å². The Labute approximate surface area is 264 Å². The zero-order valence-electron chi connectivity index (χ0n) is 28.1. The average molecular weight is 579 g/mol. The standard InChI is InChI=1S/C41H58N2/c1-6-10-12-14-16-19-25-37-30-40(29-35(9-4)41(37)26-22-17-15-13-11-7-2)43-33(5)32-42-39-28-34(8-3)27-38(31-39)36-23-20-18-21-24-36/h18,20-21,23-24,27-32H,6-17,19,22,25-26H2,1-5H3. The molecule has 3 aromatic rings. The smallest absolute Gasteiger partial charge is 0.0639 e. The Morgan fingerprint density at radius 3 is 1.86 bits per heavy atom. The van der Waals surface area contributed by atoms with E-state index in [0.29, 0.717) is 0 Å². The largest absolute Gasteiger partial charge is 0.255 e. The average Bonchev–Trinajstić information content (AvgIpc) is 3.04. The van der Waals surface area contributed by atoms with Crippen LogP contribution < -0.4 is 0 Å². The number of nitrogens with zero attached hydrogens (tertiary/aromatic N) is 2. The molecule has 2 heteroatoms. The van der Waals surface area contributed by atoms with Crippen LogP contribution in [0.25, 0.3) is 11.1 Å². The molecule has 0 bridgehead atoms. The van der Waals surface area contributed by atoms with Crippen LogP contribution in [0.4, 0.5) is 11.4 Å². The van der Waals surface area contributed by atoms with Gasteiger partial charge in [-0.2, -0.15) is 0 Å². The number of unbranched alkanes of at least 4 members (excludes halogenated alkanes) is 10. The minimum Gasteiger partial charge on any atom is -0.255 e. The lowest BCUT2D eigenvalue weighted by molar-refractivity contribution is 0.598. The molecule has 0 spiro atoms. The number of aliphatic imine (C=N–C) groups is 2. The normalized spacial score (nSPS) is 12.0. The van der Waals surface area contributed by atoms with E-state index in [9.17, 15) is 0 Å². The van der Waals surface area contributed by atoms with Crippen molar-refractivity contribution in [3.63, 3.8) is 0 Å². The maximum atomic E-state index is 5.07. The van der Waals surface area contributed by atoms with Gasteiger partial charge < -0.3 is 0 Å². The van der Waals surface area contributed by atoms with Crippen LogP contribution in [-0.2, 0) is 25.7 Å². The van der Waals surface area contributed by atoms with E-state index in [-0.39, 0.29) is 0 Å². The Hall–Kier alpha value is -3.00. The van der Waals surface area contributed by atoms with Gasteiger partial charge in [-0.3, -0.25) is 9.98 Å². The van der Waals surface area contributed by atoms with E-state index in [4.69, 9.17) is 9.98 Å². The van der Waals surface area contributed by atoms with Gasteiger partial charge in [-0.25, -0.2) is 0 Å². The van der Waals surface area contributed by atoms with Crippen LogP contribution in [0.1, 0.15) is 134 Å². The van der Waals surface area contributed by atoms with Crippen molar-refractivity contribution < 1.29 is 0 Å². The van der Waals surface area contributed by atoms with E-state index >= 15 is 0 Å².